The van der Waals surface area contributed by atoms with Crippen LogP contribution in [0.15, 0.2) is 54.6 Å². The van der Waals surface area contributed by atoms with Crippen molar-refractivity contribution in [3.8, 4) is 11.5 Å². The second-order valence-electron chi connectivity index (χ2n) is 8.21. The van der Waals surface area contributed by atoms with Gasteiger partial charge in [-0.25, -0.2) is 4.79 Å². The number of amides is 1. The summed E-state index contributed by atoms with van der Waals surface area (Å²) < 4.78 is 11.0. The zero-order valence-corrected chi connectivity index (χ0v) is 16.7. The Morgan fingerprint density at radius 1 is 1.03 bits per heavy atom. The standard InChI is InChI=1S/C24H27NO4/c1-16(22-13-17-10-11-18(22)12-17)25-23(26)15-28-24(27)19-6-5-9-21(14-19)29-20-7-3-2-4-8-20/h2-9,14,16-18,22H,10-13,15H2,1H3,(H,25,26). The first-order chi connectivity index (χ1) is 14.1. The van der Waals surface area contributed by atoms with Gasteiger partial charge in [0.05, 0.1) is 5.56 Å². The summed E-state index contributed by atoms with van der Waals surface area (Å²) in [5.41, 5.74) is 0.354. The van der Waals surface area contributed by atoms with E-state index in [2.05, 4.69) is 12.2 Å². The van der Waals surface area contributed by atoms with Crippen LogP contribution in [0.1, 0.15) is 43.0 Å². The van der Waals surface area contributed by atoms with Crippen molar-refractivity contribution in [3.63, 3.8) is 0 Å². The Morgan fingerprint density at radius 3 is 2.55 bits per heavy atom. The fourth-order valence-electron chi connectivity index (χ4n) is 4.83. The normalized spacial score (nSPS) is 23.4. The Balaban J connectivity index is 1.27. The molecule has 2 bridgehead atoms. The third-order valence-electron chi connectivity index (χ3n) is 6.21. The Kier molecular flexibility index (Phi) is 5.84. The molecular formula is C24H27NO4. The van der Waals surface area contributed by atoms with Crippen molar-refractivity contribution >= 4 is 11.9 Å². The van der Waals surface area contributed by atoms with Crippen LogP contribution in [0.25, 0.3) is 0 Å². The summed E-state index contributed by atoms with van der Waals surface area (Å²) in [5, 5.41) is 3.02. The smallest absolute Gasteiger partial charge is 0.338 e. The highest BCUT2D eigenvalue weighted by atomic mass is 16.5. The summed E-state index contributed by atoms with van der Waals surface area (Å²) in [6.45, 7) is 1.79. The predicted molar refractivity (Wildman–Crippen MR) is 110 cm³/mol. The lowest BCUT2D eigenvalue weighted by Crippen LogP contribution is -2.42. The van der Waals surface area contributed by atoms with Crippen LogP contribution in [0.5, 0.6) is 11.5 Å². The first-order valence-electron chi connectivity index (χ1n) is 10.4. The number of nitrogens with one attached hydrogen (secondary N) is 1. The van der Waals surface area contributed by atoms with Gasteiger partial charge < -0.3 is 14.8 Å². The van der Waals surface area contributed by atoms with Gasteiger partial charge in [0.15, 0.2) is 6.61 Å². The predicted octanol–water partition coefficient (Wildman–Crippen LogP) is 4.58. The molecule has 2 aromatic rings. The maximum absolute atomic E-state index is 12.3. The Labute approximate surface area is 171 Å². The first-order valence-corrected chi connectivity index (χ1v) is 10.4. The van der Waals surface area contributed by atoms with Crippen LogP contribution in [0.2, 0.25) is 0 Å². The van der Waals surface area contributed by atoms with Gasteiger partial charge in [-0.3, -0.25) is 4.79 Å². The molecule has 0 aliphatic heterocycles. The Morgan fingerprint density at radius 2 is 1.83 bits per heavy atom. The molecule has 4 atom stereocenters. The van der Waals surface area contributed by atoms with E-state index in [1.807, 2.05) is 30.3 Å². The molecule has 1 N–H and O–H groups in total. The molecule has 5 nitrogen and oxygen atoms in total. The lowest BCUT2D eigenvalue weighted by atomic mass is 9.84. The Bertz CT molecular complexity index is 866. The average molecular weight is 393 g/mol. The average Bonchev–Trinajstić information content (AvgIpc) is 3.37. The zero-order chi connectivity index (χ0) is 20.2. The minimum Gasteiger partial charge on any atom is -0.457 e. The second kappa shape index (κ2) is 8.68. The lowest BCUT2D eigenvalue weighted by Gasteiger charge is -2.28. The fourth-order valence-corrected chi connectivity index (χ4v) is 4.83. The van der Waals surface area contributed by atoms with Crippen molar-refractivity contribution in [2.75, 3.05) is 6.61 Å². The third kappa shape index (κ3) is 4.78. The quantitative estimate of drug-likeness (QED) is 0.700. The number of hydrogen-bond acceptors (Lipinski definition) is 4. The molecular weight excluding hydrogens is 366 g/mol. The van der Waals surface area contributed by atoms with E-state index >= 15 is 0 Å². The molecule has 2 saturated carbocycles. The van der Waals surface area contributed by atoms with Crippen molar-refractivity contribution in [3.05, 3.63) is 60.2 Å². The molecule has 0 spiro atoms. The number of carbonyl (C=O) groups excluding carboxylic acids is 2. The van der Waals surface area contributed by atoms with Crippen molar-refractivity contribution in [1.82, 2.24) is 5.32 Å². The van der Waals surface area contributed by atoms with Crippen LogP contribution in [-0.4, -0.2) is 24.5 Å². The van der Waals surface area contributed by atoms with E-state index in [4.69, 9.17) is 9.47 Å². The van der Waals surface area contributed by atoms with E-state index in [9.17, 15) is 9.59 Å². The molecule has 0 aromatic heterocycles. The topological polar surface area (TPSA) is 64.6 Å². The summed E-state index contributed by atoms with van der Waals surface area (Å²) in [7, 11) is 0. The largest absolute Gasteiger partial charge is 0.457 e. The maximum atomic E-state index is 12.3. The number of hydrogen-bond donors (Lipinski definition) is 1. The number of rotatable bonds is 7. The number of ether oxygens (including phenoxy) is 2. The molecule has 1 amide bonds. The third-order valence-corrected chi connectivity index (χ3v) is 6.21. The summed E-state index contributed by atoms with van der Waals surface area (Å²) in [5.74, 6) is 2.58. The van der Waals surface area contributed by atoms with Gasteiger partial charge in [0.2, 0.25) is 0 Å². The van der Waals surface area contributed by atoms with E-state index < -0.39 is 5.97 Å². The van der Waals surface area contributed by atoms with Gasteiger partial charge in [-0.05, 0) is 74.3 Å². The molecule has 0 heterocycles. The highest BCUT2D eigenvalue weighted by Gasteiger charge is 2.42. The van der Waals surface area contributed by atoms with Gasteiger partial charge in [-0.1, -0.05) is 30.7 Å². The summed E-state index contributed by atoms with van der Waals surface area (Å²) in [6.07, 6.45) is 5.14. The SMILES string of the molecule is CC(NC(=O)COC(=O)c1cccc(Oc2ccccc2)c1)C1CC2CCC1C2. The second-order valence-corrected chi connectivity index (χ2v) is 8.21. The molecule has 29 heavy (non-hydrogen) atoms. The molecule has 0 radical (unpaired) electrons. The molecule has 2 aliphatic carbocycles. The van der Waals surface area contributed by atoms with Crippen LogP contribution in [-0.2, 0) is 9.53 Å². The first kappa shape index (κ1) is 19.5. The number of para-hydroxylation sites is 1. The Hall–Kier alpha value is -2.82. The van der Waals surface area contributed by atoms with Crippen LogP contribution in [0, 0.1) is 17.8 Å². The van der Waals surface area contributed by atoms with Crippen LogP contribution in [0.4, 0.5) is 0 Å². The minimum absolute atomic E-state index is 0.124. The summed E-state index contributed by atoms with van der Waals surface area (Å²) in [6, 6.07) is 16.2. The monoisotopic (exact) mass is 393 g/mol. The molecule has 2 aliphatic rings. The molecule has 5 heteroatoms. The molecule has 4 rings (SSSR count). The maximum Gasteiger partial charge on any atom is 0.338 e. The zero-order valence-electron chi connectivity index (χ0n) is 16.7. The molecule has 2 aromatic carbocycles. The van der Waals surface area contributed by atoms with Gasteiger partial charge in [0.1, 0.15) is 11.5 Å². The van der Waals surface area contributed by atoms with E-state index in [1.54, 1.807) is 24.3 Å². The van der Waals surface area contributed by atoms with Gasteiger partial charge in [0.25, 0.3) is 5.91 Å². The molecule has 2 fully saturated rings. The van der Waals surface area contributed by atoms with Gasteiger partial charge in [-0.15, -0.1) is 0 Å². The van der Waals surface area contributed by atoms with E-state index in [0.29, 0.717) is 23.0 Å². The highest BCUT2D eigenvalue weighted by molar-refractivity contribution is 5.91. The van der Waals surface area contributed by atoms with Crippen molar-refractivity contribution in [2.45, 2.75) is 38.6 Å². The minimum atomic E-state index is -0.536. The number of benzene rings is 2. The molecule has 0 saturated heterocycles. The molecule has 4 unspecified atom stereocenters. The van der Waals surface area contributed by atoms with Crippen molar-refractivity contribution in [2.24, 2.45) is 17.8 Å². The van der Waals surface area contributed by atoms with Crippen LogP contribution >= 0.6 is 0 Å². The van der Waals surface area contributed by atoms with E-state index in [0.717, 1.165) is 11.8 Å². The summed E-state index contributed by atoms with van der Waals surface area (Å²) in [4.78, 5) is 24.6. The van der Waals surface area contributed by atoms with Crippen LogP contribution < -0.4 is 10.1 Å². The van der Waals surface area contributed by atoms with Gasteiger partial charge in [-0.2, -0.15) is 0 Å². The lowest BCUT2D eigenvalue weighted by molar-refractivity contribution is -0.125. The van der Waals surface area contributed by atoms with Gasteiger partial charge >= 0.3 is 5.97 Å². The van der Waals surface area contributed by atoms with Crippen LogP contribution in [0.3, 0.4) is 0 Å². The van der Waals surface area contributed by atoms with Crippen molar-refractivity contribution in [1.29, 1.82) is 0 Å². The number of fused-ring (bicyclic) bond motifs is 2. The van der Waals surface area contributed by atoms with E-state index in [-0.39, 0.29) is 18.6 Å². The number of esters is 1. The van der Waals surface area contributed by atoms with E-state index in [1.165, 1.54) is 25.7 Å². The fraction of sp³-hybridized carbons (Fsp3) is 0.417. The number of carbonyl (C=O) groups is 2. The van der Waals surface area contributed by atoms with Crippen molar-refractivity contribution < 1.29 is 19.1 Å². The summed E-state index contributed by atoms with van der Waals surface area (Å²) >= 11 is 0. The van der Waals surface area contributed by atoms with Gasteiger partial charge in [0, 0.05) is 6.04 Å². The molecule has 152 valence electrons. The highest BCUT2D eigenvalue weighted by Crippen LogP contribution is 2.49.